The van der Waals surface area contributed by atoms with Gasteiger partial charge in [0.15, 0.2) is 0 Å². The van der Waals surface area contributed by atoms with Crippen LogP contribution in [-0.2, 0) is 4.79 Å². The zero-order valence-electron chi connectivity index (χ0n) is 11.6. The van der Waals surface area contributed by atoms with Gasteiger partial charge >= 0.3 is 0 Å². The van der Waals surface area contributed by atoms with Crippen LogP contribution in [0, 0.1) is 5.92 Å². The smallest absolute Gasteiger partial charge is 0.274 e. The molecule has 1 fully saturated rings. The molecule has 2 amide bonds. The van der Waals surface area contributed by atoms with Crippen LogP contribution in [0.3, 0.4) is 0 Å². The van der Waals surface area contributed by atoms with E-state index in [1.165, 1.54) is 18.6 Å². The largest absolute Gasteiger partial charge is 0.336 e. The monoisotopic (exact) mass is 360 g/mol. The second kappa shape index (κ2) is 6.23. The average Bonchev–Trinajstić information content (AvgIpc) is 2.46. The molecule has 7 heteroatoms. The van der Waals surface area contributed by atoms with Crippen molar-refractivity contribution in [2.24, 2.45) is 5.92 Å². The van der Waals surface area contributed by atoms with Gasteiger partial charge in [0.05, 0.1) is 12.1 Å². The molecule has 0 bridgehead atoms. The molecular weight excluding hydrogens is 348 g/mol. The van der Waals surface area contributed by atoms with E-state index in [4.69, 9.17) is 0 Å². The topological polar surface area (TPSA) is 75.2 Å². The third kappa shape index (κ3) is 3.14. The number of hydrogen-bond donors (Lipinski definition) is 1. The molecule has 0 saturated carbocycles. The molecule has 1 aliphatic rings. The SMILES string of the molecule is O=C(Nc1cccc(Br)c1)C1CN(C(=O)c2cnccn2)C1. The normalized spacial score (nSPS) is 14.3. The summed E-state index contributed by atoms with van der Waals surface area (Å²) in [4.78, 5) is 33.6. The molecule has 2 aromatic rings. The summed E-state index contributed by atoms with van der Waals surface area (Å²) in [7, 11) is 0. The van der Waals surface area contributed by atoms with Crippen molar-refractivity contribution in [1.29, 1.82) is 0 Å². The molecule has 2 heterocycles. The van der Waals surface area contributed by atoms with Crippen LogP contribution in [0.2, 0.25) is 0 Å². The van der Waals surface area contributed by atoms with Gasteiger partial charge in [0, 0.05) is 35.6 Å². The predicted molar refractivity (Wildman–Crippen MR) is 84.2 cm³/mol. The number of hydrogen-bond acceptors (Lipinski definition) is 4. The van der Waals surface area contributed by atoms with E-state index < -0.39 is 0 Å². The van der Waals surface area contributed by atoms with Gasteiger partial charge in [0.2, 0.25) is 5.91 Å². The Morgan fingerprint density at radius 3 is 2.77 bits per heavy atom. The number of aromatic nitrogens is 2. The van der Waals surface area contributed by atoms with E-state index >= 15 is 0 Å². The fraction of sp³-hybridized carbons (Fsp3) is 0.200. The number of rotatable bonds is 3. The van der Waals surface area contributed by atoms with Gasteiger partial charge in [-0.15, -0.1) is 0 Å². The van der Waals surface area contributed by atoms with Crippen molar-refractivity contribution in [2.45, 2.75) is 0 Å². The number of carbonyl (C=O) groups excluding carboxylic acids is 2. The Labute approximate surface area is 135 Å². The lowest BCUT2D eigenvalue weighted by Crippen LogP contribution is -2.54. The number of anilines is 1. The fourth-order valence-corrected chi connectivity index (χ4v) is 2.59. The van der Waals surface area contributed by atoms with Crippen LogP contribution in [-0.4, -0.2) is 39.8 Å². The maximum absolute atomic E-state index is 12.1. The number of likely N-dealkylation sites (tertiary alicyclic amines) is 1. The lowest BCUT2D eigenvalue weighted by molar-refractivity contribution is -0.123. The minimum Gasteiger partial charge on any atom is -0.336 e. The number of carbonyl (C=O) groups is 2. The molecule has 0 unspecified atom stereocenters. The minimum absolute atomic E-state index is 0.0821. The van der Waals surface area contributed by atoms with Crippen LogP contribution >= 0.6 is 15.9 Å². The van der Waals surface area contributed by atoms with Gasteiger partial charge in [0.1, 0.15) is 5.69 Å². The zero-order chi connectivity index (χ0) is 15.5. The van der Waals surface area contributed by atoms with Crippen molar-refractivity contribution < 1.29 is 9.59 Å². The summed E-state index contributed by atoms with van der Waals surface area (Å²) in [5.74, 6) is -0.472. The highest BCUT2D eigenvalue weighted by atomic mass is 79.9. The first-order valence-electron chi connectivity index (χ1n) is 6.75. The molecule has 112 valence electrons. The molecule has 0 aliphatic carbocycles. The van der Waals surface area contributed by atoms with Gasteiger partial charge in [-0.3, -0.25) is 14.6 Å². The molecule has 1 N–H and O–H groups in total. The number of amides is 2. The maximum atomic E-state index is 12.1. The summed E-state index contributed by atoms with van der Waals surface area (Å²) in [5, 5.41) is 2.85. The first-order chi connectivity index (χ1) is 10.6. The quantitative estimate of drug-likeness (QED) is 0.907. The van der Waals surface area contributed by atoms with E-state index in [2.05, 4.69) is 31.2 Å². The summed E-state index contributed by atoms with van der Waals surface area (Å²) in [5.41, 5.74) is 1.03. The van der Waals surface area contributed by atoms with Crippen LogP contribution in [0.5, 0.6) is 0 Å². The van der Waals surface area contributed by atoms with Gasteiger partial charge in [-0.25, -0.2) is 4.98 Å². The third-order valence-electron chi connectivity index (χ3n) is 3.41. The van der Waals surface area contributed by atoms with Crippen molar-refractivity contribution in [3.05, 3.63) is 53.0 Å². The summed E-state index contributed by atoms with van der Waals surface area (Å²) in [6, 6.07) is 7.40. The van der Waals surface area contributed by atoms with E-state index in [0.29, 0.717) is 18.8 Å². The minimum atomic E-state index is -0.195. The Morgan fingerprint density at radius 1 is 1.27 bits per heavy atom. The van der Waals surface area contributed by atoms with E-state index in [0.717, 1.165) is 10.2 Å². The van der Waals surface area contributed by atoms with Crippen molar-refractivity contribution in [2.75, 3.05) is 18.4 Å². The molecule has 1 aliphatic heterocycles. The first kappa shape index (κ1) is 14.6. The number of benzene rings is 1. The van der Waals surface area contributed by atoms with Gasteiger partial charge in [-0.05, 0) is 18.2 Å². The molecule has 0 spiro atoms. The standard InChI is InChI=1S/C15H13BrN4O2/c16-11-2-1-3-12(6-11)19-14(21)10-8-20(9-10)15(22)13-7-17-4-5-18-13/h1-7,10H,8-9H2,(H,19,21). The lowest BCUT2D eigenvalue weighted by Gasteiger charge is -2.37. The van der Waals surface area contributed by atoms with E-state index in [1.807, 2.05) is 24.3 Å². The van der Waals surface area contributed by atoms with Crippen molar-refractivity contribution in [3.63, 3.8) is 0 Å². The molecule has 1 aromatic carbocycles. The Morgan fingerprint density at radius 2 is 2.09 bits per heavy atom. The fourth-order valence-electron chi connectivity index (χ4n) is 2.19. The van der Waals surface area contributed by atoms with E-state index in [9.17, 15) is 9.59 Å². The highest BCUT2D eigenvalue weighted by Gasteiger charge is 2.36. The number of halogens is 1. The molecule has 1 aromatic heterocycles. The van der Waals surface area contributed by atoms with E-state index in [1.54, 1.807) is 4.90 Å². The molecule has 0 atom stereocenters. The Hall–Kier alpha value is -2.28. The molecule has 1 saturated heterocycles. The van der Waals surface area contributed by atoms with Gasteiger partial charge < -0.3 is 10.2 Å². The van der Waals surface area contributed by atoms with Gasteiger partial charge in [-0.1, -0.05) is 22.0 Å². The second-order valence-electron chi connectivity index (χ2n) is 5.00. The lowest BCUT2D eigenvalue weighted by atomic mass is 9.98. The molecule has 0 radical (unpaired) electrons. The first-order valence-corrected chi connectivity index (χ1v) is 7.54. The van der Waals surface area contributed by atoms with Crippen molar-refractivity contribution >= 4 is 33.4 Å². The van der Waals surface area contributed by atoms with Gasteiger partial charge in [0.25, 0.3) is 5.91 Å². The molecule has 22 heavy (non-hydrogen) atoms. The summed E-state index contributed by atoms with van der Waals surface area (Å²) < 4.78 is 0.901. The van der Waals surface area contributed by atoms with Crippen molar-refractivity contribution in [3.8, 4) is 0 Å². The molecular formula is C15H13BrN4O2. The number of nitrogens with zero attached hydrogens (tertiary/aromatic N) is 3. The highest BCUT2D eigenvalue weighted by molar-refractivity contribution is 9.10. The summed E-state index contributed by atoms with van der Waals surface area (Å²) >= 11 is 3.36. The van der Waals surface area contributed by atoms with Gasteiger partial charge in [-0.2, -0.15) is 0 Å². The van der Waals surface area contributed by atoms with E-state index in [-0.39, 0.29) is 17.7 Å². The summed E-state index contributed by atoms with van der Waals surface area (Å²) in [6.07, 6.45) is 4.42. The molecule has 6 nitrogen and oxygen atoms in total. The second-order valence-corrected chi connectivity index (χ2v) is 5.91. The number of nitrogens with one attached hydrogen (secondary N) is 1. The van der Waals surface area contributed by atoms with Crippen LogP contribution in [0.15, 0.2) is 47.3 Å². The van der Waals surface area contributed by atoms with Crippen LogP contribution in [0.25, 0.3) is 0 Å². The predicted octanol–water partition coefficient (Wildman–Crippen LogP) is 1.95. The summed E-state index contributed by atoms with van der Waals surface area (Å²) in [6.45, 7) is 0.796. The van der Waals surface area contributed by atoms with Crippen LogP contribution in [0.4, 0.5) is 5.69 Å². The van der Waals surface area contributed by atoms with Crippen LogP contribution < -0.4 is 5.32 Å². The average molecular weight is 361 g/mol. The Kier molecular flexibility index (Phi) is 4.15. The molecule has 3 rings (SSSR count). The third-order valence-corrected chi connectivity index (χ3v) is 3.91. The zero-order valence-corrected chi connectivity index (χ0v) is 13.2. The maximum Gasteiger partial charge on any atom is 0.274 e. The highest BCUT2D eigenvalue weighted by Crippen LogP contribution is 2.21. The Balaban J connectivity index is 1.55. The Bertz CT molecular complexity index is 702. The van der Waals surface area contributed by atoms with Crippen LogP contribution in [0.1, 0.15) is 10.5 Å². The van der Waals surface area contributed by atoms with Crippen molar-refractivity contribution in [1.82, 2.24) is 14.9 Å².